The van der Waals surface area contributed by atoms with E-state index in [1.165, 1.54) is 19.3 Å². The summed E-state index contributed by atoms with van der Waals surface area (Å²) >= 11 is 4.93. The number of amides is 1. The summed E-state index contributed by atoms with van der Waals surface area (Å²) in [7, 11) is 1.23. The molecule has 1 unspecified atom stereocenters. The Morgan fingerprint density at radius 3 is 2.56 bits per heavy atom. The monoisotopic (exact) mass is 359 g/mol. The van der Waals surface area contributed by atoms with Crippen LogP contribution in [0.1, 0.15) is 12.0 Å². The molecule has 1 aliphatic rings. The van der Waals surface area contributed by atoms with E-state index >= 15 is 0 Å². The summed E-state index contributed by atoms with van der Waals surface area (Å²) in [5.41, 5.74) is 1.47. The number of methoxy groups -OCH3 is 1. The number of nitrogens with one attached hydrogen (secondary N) is 1. The smallest absolute Gasteiger partial charge is 0.408 e. The number of thiocarbonyl (C=S) groups is 1. The fraction of sp³-hybridized carbons (Fsp3) is 0.222. The Hall–Kier alpha value is -2.80. The molecule has 0 aliphatic heterocycles. The van der Waals surface area contributed by atoms with Crippen LogP contribution in [0.15, 0.2) is 54.1 Å². The number of benzene rings is 1. The van der Waals surface area contributed by atoms with Crippen molar-refractivity contribution in [3.05, 3.63) is 59.7 Å². The summed E-state index contributed by atoms with van der Waals surface area (Å²) in [4.78, 5) is 35.4. The summed E-state index contributed by atoms with van der Waals surface area (Å²) in [5, 5.41) is 2.47. The summed E-state index contributed by atoms with van der Waals surface area (Å²) < 4.78 is 9.81. The van der Waals surface area contributed by atoms with Crippen LogP contribution in [0.4, 0.5) is 4.79 Å². The van der Waals surface area contributed by atoms with E-state index in [0.717, 1.165) is 5.56 Å². The van der Waals surface area contributed by atoms with E-state index in [0.29, 0.717) is 5.57 Å². The average Bonchev–Trinajstić information content (AvgIpc) is 2.62. The molecule has 0 saturated heterocycles. The molecule has 0 saturated carbocycles. The highest BCUT2D eigenvalue weighted by atomic mass is 32.1. The third-order valence-corrected chi connectivity index (χ3v) is 3.76. The lowest BCUT2D eigenvalue weighted by Gasteiger charge is -2.18. The van der Waals surface area contributed by atoms with Crippen molar-refractivity contribution in [2.45, 2.75) is 19.1 Å². The minimum Gasteiger partial charge on any atom is -0.467 e. The zero-order valence-corrected chi connectivity index (χ0v) is 14.4. The van der Waals surface area contributed by atoms with E-state index in [9.17, 15) is 14.4 Å². The molecule has 1 N–H and O–H groups in total. The van der Waals surface area contributed by atoms with E-state index in [1.54, 1.807) is 6.08 Å². The highest BCUT2D eigenvalue weighted by Crippen LogP contribution is 2.14. The molecule has 0 bridgehead atoms. The number of ketones is 1. The van der Waals surface area contributed by atoms with Gasteiger partial charge in [-0.1, -0.05) is 48.6 Å². The Morgan fingerprint density at radius 2 is 1.92 bits per heavy atom. The fourth-order valence-electron chi connectivity index (χ4n) is 2.16. The molecule has 0 fully saturated rings. The van der Waals surface area contributed by atoms with E-state index < -0.39 is 18.1 Å². The van der Waals surface area contributed by atoms with Crippen LogP contribution in [0.2, 0.25) is 0 Å². The van der Waals surface area contributed by atoms with Gasteiger partial charge in [0.1, 0.15) is 12.6 Å². The highest BCUT2D eigenvalue weighted by molar-refractivity contribution is 7.82. The predicted octanol–water partition coefficient (Wildman–Crippen LogP) is 2.28. The van der Waals surface area contributed by atoms with Crippen molar-refractivity contribution in [1.29, 1.82) is 0 Å². The molecular formula is C18H17NO5S. The van der Waals surface area contributed by atoms with E-state index in [2.05, 4.69) is 5.32 Å². The zero-order valence-electron chi connectivity index (χ0n) is 13.6. The van der Waals surface area contributed by atoms with Gasteiger partial charge in [-0.2, -0.15) is 0 Å². The Morgan fingerprint density at radius 1 is 1.20 bits per heavy atom. The molecule has 1 amide bonds. The lowest BCUT2D eigenvalue weighted by molar-refractivity contribution is -0.142. The quantitative estimate of drug-likeness (QED) is 0.620. The molecule has 0 heterocycles. The van der Waals surface area contributed by atoms with E-state index in [-0.39, 0.29) is 23.7 Å². The Kier molecular flexibility index (Phi) is 6.59. The minimum atomic E-state index is -0.944. The van der Waals surface area contributed by atoms with E-state index in [4.69, 9.17) is 21.7 Å². The molecule has 130 valence electrons. The first-order valence-corrected chi connectivity index (χ1v) is 7.92. The van der Waals surface area contributed by atoms with Crippen molar-refractivity contribution < 1.29 is 23.9 Å². The van der Waals surface area contributed by atoms with Crippen molar-refractivity contribution in [2.75, 3.05) is 7.11 Å². The average molecular weight is 359 g/mol. The fourth-order valence-corrected chi connectivity index (χ4v) is 2.38. The summed E-state index contributed by atoms with van der Waals surface area (Å²) in [5.74, 6) is -0.877. The molecular weight excluding hydrogens is 342 g/mol. The zero-order chi connectivity index (χ0) is 18.2. The Labute approximate surface area is 150 Å². The number of hydrogen-bond acceptors (Lipinski definition) is 6. The molecule has 0 radical (unpaired) electrons. The van der Waals surface area contributed by atoms with Gasteiger partial charge in [-0.25, -0.2) is 9.59 Å². The molecule has 25 heavy (non-hydrogen) atoms. The van der Waals surface area contributed by atoms with Gasteiger partial charge in [0.2, 0.25) is 0 Å². The number of ether oxygens (including phenoxy) is 2. The number of carbonyl (C=O) groups excluding carboxylic acids is 3. The van der Waals surface area contributed by atoms with Crippen LogP contribution in [0, 0.1) is 0 Å². The number of hydrogen-bond donors (Lipinski definition) is 1. The maximum Gasteiger partial charge on any atom is 0.408 e. The van der Waals surface area contributed by atoms with Crippen LogP contribution in [0.5, 0.6) is 0 Å². The van der Waals surface area contributed by atoms with Crippen molar-refractivity contribution in [3.8, 4) is 0 Å². The third kappa shape index (κ3) is 5.65. The first kappa shape index (κ1) is 18.5. The molecule has 7 heteroatoms. The second-order valence-corrected chi connectivity index (χ2v) is 5.71. The largest absolute Gasteiger partial charge is 0.467 e. The Balaban J connectivity index is 1.95. The van der Waals surface area contributed by atoms with Crippen molar-refractivity contribution >= 4 is 34.9 Å². The lowest BCUT2D eigenvalue weighted by Crippen LogP contribution is -2.42. The van der Waals surface area contributed by atoms with E-state index in [1.807, 2.05) is 30.3 Å². The van der Waals surface area contributed by atoms with Gasteiger partial charge in [0.15, 0.2) is 5.78 Å². The van der Waals surface area contributed by atoms with Gasteiger partial charge in [-0.05, 0) is 23.3 Å². The second-order valence-electron chi connectivity index (χ2n) is 5.27. The topological polar surface area (TPSA) is 81.7 Å². The molecule has 1 atom stereocenters. The lowest BCUT2D eigenvalue weighted by atomic mass is 9.99. The number of carbonyl (C=O) groups is 3. The van der Waals surface area contributed by atoms with Crippen molar-refractivity contribution in [1.82, 2.24) is 5.32 Å². The number of rotatable bonds is 6. The second kappa shape index (κ2) is 8.89. The SMILES string of the molecule is COC(=O)C(CC1=CC(=S)C(=O)C=C1)NC(=O)OCc1ccccc1. The van der Waals surface area contributed by atoms with Gasteiger partial charge in [0, 0.05) is 6.42 Å². The summed E-state index contributed by atoms with van der Waals surface area (Å²) in [6.07, 6.45) is 3.80. The van der Waals surface area contributed by atoms with Gasteiger partial charge >= 0.3 is 12.1 Å². The summed E-state index contributed by atoms with van der Waals surface area (Å²) in [6.45, 7) is 0.0851. The van der Waals surface area contributed by atoms with Crippen LogP contribution >= 0.6 is 12.2 Å². The van der Waals surface area contributed by atoms with Crippen molar-refractivity contribution in [2.24, 2.45) is 0 Å². The molecule has 6 nitrogen and oxygen atoms in total. The molecule has 0 aromatic heterocycles. The molecule has 1 aromatic rings. The normalized spacial score (nSPS) is 14.5. The molecule has 0 spiro atoms. The van der Waals surface area contributed by atoms with Gasteiger partial charge in [-0.3, -0.25) is 4.79 Å². The maximum absolute atomic E-state index is 11.9. The first-order valence-electron chi connectivity index (χ1n) is 7.51. The number of alkyl carbamates (subject to hydrolysis) is 1. The van der Waals surface area contributed by atoms with Gasteiger partial charge < -0.3 is 14.8 Å². The number of esters is 1. The van der Waals surface area contributed by atoms with Crippen molar-refractivity contribution in [3.63, 3.8) is 0 Å². The Bertz CT molecular complexity index is 739. The van der Waals surface area contributed by atoms with Crippen LogP contribution in [0.3, 0.4) is 0 Å². The van der Waals surface area contributed by atoms with Gasteiger partial charge in [-0.15, -0.1) is 0 Å². The maximum atomic E-state index is 11.9. The molecule has 2 rings (SSSR count). The van der Waals surface area contributed by atoms with Crippen LogP contribution < -0.4 is 5.32 Å². The third-order valence-electron chi connectivity index (χ3n) is 3.44. The summed E-state index contributed by atoms with van der Waals surface area (Å²) in [6, 6.07) is 8.22. The molecule has 1 aromatic carbocycles. The standard InChI is InChI=1S/C18H17NO5S/c1-23-17(21)14(9-13-7-8-15(20)16(25)10-13)19-18(22)24-11-12-5-3-2-4-6-12/h2-8,10,14H,9,11H2,1H3,(H,19,22). The first-order chi connectivity index (χ1) is 12.0. The van der Waals surface area contributed by atoms with Crippen LogP contribution in [-0.4, -0.2) is 35.9 Å². The number of allylic oxidation sites excluding steroid dienone is 3. The van der Waals surface area contributed by atoms with Gasteiger partial charge in [0.05, 0.1) is 12.0 Å². The van der Waals surface area contributed by atoms with Gasteiger partial charge in [0.25, 0.3) is 0 Å². The van der Waals surface area contributed by atoms with Crippen LogP contribution in [-0.2, 0) is 25.7 Å². The van der Waals surface area contributed by atoms with Crippen LogP contribution in [0.25, 0.3) is 0 Å². The minimum absolute atomic E-state index is 0.0851. The molecule has 1 aliphatic carbocycles. The highest BCUT2D eigenvalue weighted by Gasteiger charge is 2.24. The predicted molar refractivity (Wildman–Crippen MR) is 95.0 cm³/mol.